The van der Waals surface area contributed by atoms with Gasteiger partial charge in [-0.05, 0) is 23.8 Å². The van der Waals surface area contributed by atoms with Crippen molar-refractivity contribution >= 4 is 16.9 Å². The Hall–Kier alpha value is -3.02. The van der Waals surface area contributed by atoms with Gasteiger partial charge in [0, 0.05) is 5.56 Å². The molecule has 2 aromatic carbocycles. The van der Waals surface area contributed by atoms with Gasteiger partial charge in [0.15, 0.2) is 0 Å². The van der Waals surface area contributed by atoms with Crippen LogP contribution in [0.25, 0.3) is 10.9 Å². The zero-order valence-corrected chi connectivity index (χ0v) is 11.3. The van der Waals surface area contributed by atoms with Crippen LogP contribution < -0.4 is 10.7 Å². The molecule has 1 aromatic heterocycles. The van der Waals surface area contributed by atoms with Crippen molar-refractivity contribution in [3.05, 3.63) is 76.1 Å². The van der Waals surface area contributed by atoms with Gasteiger partial charge < -0.3 is 9.90 Å². The monoisotopic (exact) mass is 297 g/mol. The Kier molecular flexibility index (Phi) is 3.42. The molecule has 0 fully saturated rings. The lowest BCUT2D eigenvalue weighted by Crippen LogP contribution is -2.24. The van der Waals surface area contributed by atoms with E-state index in [-0.39, 0.29) is 28.6 Å². The second-order valence-corrected chi connectivity index (χ2v) is 4.79. The fourth-order valence-electron chi connectivity index (χ4n) is 2.21. The van der Waals surface area contributed by atoms with Gasteiger partial charge in [0.1, 0.15) is 5.82 Å². The molecule has 6 heteroatoms. The van der Waals surface area contributed by atoms with Gasteiger partial charge in [-0.2, -0.15) is 0 Å². The molecule has 1 heterocycles. The van der Waals surface area contributed by atoms with Gasteiger partial charge in [0.05, 0.1) is 29.7 Å². The standard InChI is InChI=1S/C16H11FN2O3/c17-13-4-2-1-3-11(13)8-19-9-18-14-7-10(16(21)22)5-6-12(14)15(19)20/h1-7,9H,8H2,(H,21,22)/p-1. The average molecular weight is 297 g/mol. The molecule has 0 bridgehead atoms. The van der Waals surface area contributed by atoms with E-state index in [1.807, 2.05) is 0 Å². The number of nitrogens with zero attached hydrogens (tertiary/aromatic N) is 2. The Bertz CT molecular complexity index is 934. The number of halogens is 1. The summed E-state index contributed by atoms with van der Waals surface area (Å²) in [7, 11) is 0. The first-order chi connectivity index (χ1) is 10.6. The van der Waals surface area contributed by atoms with E-state index in [2.05, 4.69) is 4.98 Å². The molecule has 0 saturated heterocycles. The van der Waals surface area contributed by atoms with E-state index in [0.29, 0.717) is 5.56 Å². The highest BCUT2D eigenvalue weighted by molar-refractivity contribution is 5.91. The van der Waals surface area contributed by atoms with Gasteiger partial charge in [-0.3, -0.25) is 9.36 Å². The summed E-state index contributed by atoms with van der Waals surface area (Å²) < 4.78 is 14.9. The van der Waals surface area contributed by atoms with Crippen molar-refractivity contribution in [2.24, 2.45) is 0 Å². The third kappa shape index (κ3) is 2.46. The maximum absolute atomic E-state index is 13.7. The molecular weight excluding hydrogens is 287 g/mol. The van der Waals surface area contributed by atoms with Crippen molar-refractivity contribution in [1.29, 1.82) is 0 Å². The van der Waals surface area contributed by atoms with Crippen LogP contribution in [0.15, 0.2) is 53.6 Å². The van der Waals surface area contributed by atoms with Crippen molar-refractivity contribution in [2.75, 3.05) is 0 Å². The Morgan fingerprint density at radius 2 is 2.00 bits per heavy atom. The number of carbonyl (C=O) groups is 1. The van der Waals surface area contributed by atoms with Crippen molar-refractivity contribution in [1.82, 2.24) is 9.55 Å². The number of rotatable bonds is 3. The summed E-state index contributed by atoms with van der Waals surface area (Å²) in [5.41, 5.74) is 0.220. The number of hydrogen-bond acceptors (Lipinski definition) is 4. The van der Waals surface area contributed by atoms with Crippen LogP contribution in [0.2, 0.25) is 0 Å². The third-order valence-electron chi connectivity index (χ3n) is 3.36. The van der Waals surface area contributed by atoms with E-state index >= 15 is 0 Å². The first-order valence-corrected chi connectivity index (χ1v) is 6.50. The molecule has 3 rings (SSSR count). The van der Waals surface area contributed by atoms with Crippen molar-refractivity contribution in [2.45, 2.75) is 6.54 Å². The summed E-state index contributed by atoms with van der Waals surface area (Å²) >= 11 is 0. The van der Waals surface area contributed by atoms with Gasteiger partial charge in [-0.1, -0.05) is 24.3 Å². The minimum atomic E-state index is -1.33. The first-order valence-electron chi connectivity index (χ1n) is 6.50. The van der Waals surface area contributed by atoms with Gasteiger partial charge in [-0.15, -0.1) is 0 Å². The number of aromatic nitrogens is 2. The predicted octanol–water partition coefficient (Wildman–Crippen LogP) is 0.947. The van der Waals surface area contributed by atoms with Crippen LogP contribution in [-0.2, 0) is 6.54 Å². The highest BCUT2D eigenvalue weighted by Gasteiger charge is 2.08. The molecule has 0 spiro atoms. The summed E-state index contributed by atoms with van der Waals surface area (Å²) in [6.07, 6.45) is 1.27. The quantitative estimate of drug-likeness (QED) is 0.721. The Labute approximate surface area is 124 Å². The minimum absolute atomic E-state index is 0.0498. The van der Waals surface area contributed by atoms with Gasteiger partial charge in [0.2, 0.25) is 0 Å². The second kappa shape index (κ2) is 5.40. The van der Waals surface area contributed by atoms with Crippen LogP contribution >= 0.6 is 0 Å². The maximum atomic E-state index is 13.7. The van der Waals surface area contributed by atoms with E-state index in [1.165, 1.54) is 35.2 Å². The molecule has 22 heavy (non-hydrogen) atoms. The predicted molar refractivity (Wildman–Crippen MR) is 75.8 cm³/mol. The smallest absolute Gasteiger partial charge is 0.261 e. The minimum Gasteiger partial charge on any atom is -0.545 e. The zero-order valence-electron chi connectivity index (χ0n) is 11.3. The van der Waals surface area contributed by atoms with Gasteiger partial charge in [-0.25, -0.2) is 9.37 Å². The number of carboxylic acids is 1. The van der Waals surface area contributed by atoms with Crippen LogP contribution in [0.1, 0.15) is 15.9 Å². The molecule has 0 amide bonds. The molecule has 5 nitrogen and oxygen atoms in total. The lowest BCUT2D eigenvalue weighted by atomic mass is 10.1. The first kappa shape index (κ1) is 13.9. The van der Waals surface area contributed by atoms with Gasteiger partial charge in [0.25, 0.3) is 5.56 Å². The lowest BCUT2D eigenvalue weighted by molar-refractivity contribution is -0.255. The fraction of sp³-hybridized carbons (Fsp3) is 0.0625. The number of fused-ring (bicyclic) bond motifs is 1. The number of benzene rings is 2. The molecule has 0 atom stereocenters. The van der Waals surface area contributed by atoms with Crippen molar-refractivity contribution in [3.8, 4) is 0 Å². The number of carbonyl (C=O) groups excluding carboxylic acids is 1. The van der Waals surface area contributed by atoms with E-state index in [4.69, 9.17) is 0 Å². The second-order valence-electron chi connectivity index (χ2n) is 4.79. The summed E-state index contributed by atoms with van der Waals surface area (Å²) in [6.45, 7) is 0.0523. The Morgan fingerprint density at radius 1 is 1.23 bits per heavy atom. The largest absolute Gasteiger partial charge is 0.545 e. The fourth-order valence-corrected chi connectivity index (χ4v) is 2.21. The van der Waals surface area contributed by atoms with E-state index in [0.717, 1.165) is 0 Å². The van der Waals surface area contributed by atoms with Crippen LogP contribution in [0.3, 0.4) is 0 Å². The molecule has 0 aliphatic heterocycles. The van der Waals surface area contributed by atoms with E-state index in [9.17, 15) is 19.1 Å². The Balaban J connectivity index is 2.07. The highest BCUT2D eigenvalue weighted by Crippen LogP contribution is 2.11. The molecule has 0 N–H and O–H groups in total. The molecule has 3 aromatic rings. The molecule has 0 aliphatic rings. The van der Waals surface area contributed by atoms with Crippen LogP contribution in [0.4, 0.5) is 4.39 Å². The molecule has 0 aliphatic carbocycles. The maximum Gasteiger partial charge on any atom is 0.261 e. The molecular formula is C16H10FN2O3-. The third-order valence-corrected chi connectivity index (χ3v) is 3.36. The summed E-state index contributed by atoms with van der Waals surface area (Å²) in [6, 6.07) is 10.1. The molecule has 110 valence electrons. The topological polar surface area (TPSA) is 75.0 Å². The lowest BCUT2D eigenvalue weighted by Gasteiger charge is -2.09. The number of carboxylic acid groups (broad SMARTS) is 1. The summed E-state index contributed by atoms with van der Waals surface area (Å²) in [4.78, 5) is 27.2. The zero-order chi connectivity index (χ0) is 15.7. The SMILES string of the molecule is O=C([O-])c1ccc2c(=O)n(Cc3ccccc3F)cnc2c1. The van der Waals surface area contributed by atoms with E-state index < -0.39 is 11.8 Å². The molecule has 0 radical (unpaired) electrons. The highest BCUT2D eigenvalue weighted by atomic mass is 19.1. The van der Waals surface area contributed by atoms with Crippen molar-refractivity contribution < 1.29 is 14.3 Å². The van der Waals surface area contributed by atoms with Gasteiger partial charge >= 0.3 is 0 Å². The molecule has 0 unspecified atom stereocenters. The number of aromatic carboxylic acids is 1. The Morgan fingerprint density at radius 3 is 2.73 bits per heavy atom. The summed E-state index contributed by atoms with van der Waals surface area (Å²) in [5, 5.41) is 11.1. The number of hydrogen-bond donors (Lipinski definition) is 0. The van der Waals surface area contributed by atoms with Crippen molar-refractivity contribution in [3.63, 3.8) is 0 Å². The van der Waals surface area contributed by atoms with Crippen LogP contribution in [-0.4, -0.2) is 15.5 Å². The van der Waals surface area contributed by atoms with Crippen LogP contribution in [0.5, 0.6) is 0 Å². The molecule has 0 saturated carbocycles. The summed E-state index contributed by atoms with van der Waals surface area (Å²) in [5.74, 6) is -1.74. The normalized spacial score (nSPS) is 10.8. The average Bonchev–Trinajstić information content (AvgIpc) is 2.51. The van der Waals surface area contributed by atoms with E-state index in [1.54, 1.807) is 18.2 Å². The van der Waals surface area contributed by atoms with Crippen LogP contribution in [0, 0.1) is 5.82 Å².